The Morgan fingerprint density at radius 1 is 0.315 bits per heavy atom. The van der Waals surface area contributed by atoms with Crippen LogP contribution in [0.2, 0.25) is 0 Å². The molecule has 0 radical (unpaired) electrons. The summed E-state index contributed by atoms with van der Waals surface area (Å²) >= 11 is 0. The topological polar surface area (TPSA) is 237 Å². The molecule has 4 unspecified atom stereocenters. The molecule has 0 heterocycles. The molecule has 546 valence electrons. The van der Waals surface area contributed by atoms with Crippen LogP contribution < -0.4 is 0 Å². The van der Waals surface area contributed by atoms with Crippen LogP contribution in [0.4, 0.5) is 0 Å². The van der Waals surface area contributed by atoms with E-state index in [-0.39, 0.29) is 25.7 Å². The van der Waals surface area contributed by atoms with Gasteiger partial charge in [-0.15, -0.1) is 0 Å². The van der Waals surface area contributed by atoms with E-state index in [1.165, 1.54) is 173 Å². The van der Waals surface area contributed by atoms with E-state index in [1.807, 2.05) is 0 Å². The molecule has 92 heavy (non-hydrogen) atoms. The molecule has 0 fully saturated rings. The summed E-state index contributed by atoms with van der Waals surface area (Å²) in [5, 5.41) is 10.6. The first-order valence-electron chi connectivity index (χ1n) is 37.9. The van der Waals surface area contributed by atoms with E-state index in [4.69, 9.17) is 37.0 Å². The van der Waals surface area contributed by atoms with Gasteiger partial charge in [-0.3, -0.25) is 37.3 Å². The minimum absolute atomic E-state index is 0.106. The van der Waals surface area contributed by atoms with Gasteiger partial charge in [-0.1, -0.05) is 318 Å². The maximum atomic E-state index is 13.1. The maximum Gasteiger partial charge on any atom is 0.472 e. The maximum absolute atomic E-state index is 13.1. The van der Waals surface area contributed by atoms with E-state index < -0.39 is 97.5 Å². The summed E-state index contributed by atoms with van der Waals surface area (Å²) in [5.74, 6) is 0.184. The Morgan fingerprint density at radius 3 is 0.826 bits per heavy atom. The third-order valence-corrected chi connectivity index (χ3v) is 19.5. The lowest BCUT2D eigenvalue weighted by atomic mass is 9.99. The normalized spacial score (nSPS) is 14.7. The molecule has 0 bridgehead atoms. The van der Waals surface area contributed by atoms with Crippen molar-refractivity contribution in [3.05, 3.63) is 0 Å². The summed E-state index contributed by atoms with van der Waals surface area (Å²) < 4.78 is 68.4. The standard InChI is InChI=1S/C73H142O17P2/c1-8-11-12-13-14-15-16-17-18-21-28-33-42-49-56-72(77)90-69(61-84-71(76)55-48-41-36-35-39-46-53-66(7)10-3)63-88-92(81,82)86-59-67(74)58-85-91(79,80)87-62-68(89-73(78)57-50-43-34-29-22-19-20-25-30-37-44-51-64(4)5)60-83-70(75)54-47-40-32-27-24-23-26-31-38-45-52-65(6)9-2/h64-69,74H,8-63H2,1-7H3,(H,79,80)(H,81,82)/t65?,66?,67-,68-,69-/m1/s1. The van der Waals surface area contributed by atoms with Crippen LogP contribution in [0.15, 0.2) is 0 Å². The Balaban J connectivity index is 5.27. The molecule has 17 nitrogen and oxygen atoms in total. The van der Waals surface area contributed by atoms with Crippen molar-refractivity contribution in [1.29, 1.82) is 0 Å². The SMILES string of the molecule is CCCCCCCCCCCCCCCCC(=O)O[C@H](COC(=O)CCCCCCCCC(C)CC)COP(=O)(O)OC[C@H](O)COP(=O)(O)OC[C@@H](COC(=O)CCCCCCCCCCCCC(C)CC)OC(=O)CCCCCCCCCCCCCC(C)C. The van der Waals surface area contributed by atoms with Gasteiger partial charge in [0.2, 0.25) is 0 Å². The number of esters is 4. The van der Waals surface area contributed by atoms with Crippen LogP contribution in [-0.2, 0) is 65.4 Å². The van der Waals surface area contributed by atoms with Crippen LogP contribution in [0, 0.1) is 17.8 Å². The van der Waals surface area contributed by atoms with Gasteiger partial charge in [0, 0.05) is 25.7 Å². The first kappa shape index (κ1) is 90.1. The Kier molecular flexibility index (Phi) is 62.4. The second-order valence-corrected chi connectivity index (χ2v) is 30.2. The van der Waals surface area contributed by atoms with Crippen LogP contribution >= 0.6 is 15.6 Å². The van der Waals surface area contributed by atoms with E-state index >= 15 is 0 Å². The van der Waals surface area contributed by atoms with Crippen molar-refractivity contribution in [3.63, 3.8) is 0 Å². The Bertz CT molecular complexity index is 1810. The highest BCUT2D eigenvalue weighted by molar-refractivity contribution is 7.47. The van der Waals surface area contributed by atoms with Gasteiger partial charge in [0.15, 0.2) is 12.2 Å². The summed E-state index contributed by atoms with van der Waals surface area (Å²) in [6.45, 7) is 11.9. The Hall–Kier alpha value is -1.94. The smallest absolute Gasteiger partial charge is 0.462 e. The van der Waals surface area contributed by atoms with E-state index in [9.17, 15) is 43.2 Å². The van der Waals surface area contributed by atoms with Crippen molar-refractivity contribution in [1.82, 2.24) is 0 Å². The Labute approximate surface area is 562 Å². The predicted molar refractivity (Wildman–Crippen MR) is 372 cm³/mol. The number of carbonyl (C=O) groups is 4. The van der Waals surface area contributed by atoms with Crippen molar-refractivity contribution in [2.75, 3.05) is 39.6 Å². The van der Waals surface area contributed by atoms with Gasteiger partial charge in [-0.2, -0.15) is 0 Å². The summed E-state index contributed by atoms with van der Waals surface area (Å²) in [6.07, 6.45) is 48.4. The van der Waals surface area contributed by atoms with Gasteiger partial charge >= 0.3 is 39.5 Å². The summed E-state index contributed by atoms with van der Waals surface area (Å²) in [5.41, 5.74) is 0. The molecule has 7 atom stereocenters. The van der Waals surface area contributed by atoms with E-state index in [1.54, 1.807) is 0 Å². The van der Waals surface area contributed by atoms with Gasteiger partial charge in [-0.25, -0.2) is 9.13 Å². The first-order chi connectivity index (χ1) is 44.3. The molecule has 0 saturated heterocycles. The second-order valence-electron chi connectivity index (χ2n) is 27.3. The number of carbonyl (C=O) groups excluding carboxylic acids is 4. The molecule has 0 aliphatic rings. The fourth-order valence-corrected chi connectivity index (χ4v) is 12.6. The third-order valence-electron chi connectivity index (χ3n) is 17.6. The summed E-state index contributed by atoms with van der Waals surface area (Å²) in [6, 6.07) is 0. The lowest BCUT2D eigenvalue weighted by Crippen LogP contribution is -2.30. The van der Waals surface area contributed by atoms with Crippen LogP contribution in [0.25, 0.3) is 0 Å². The van der Waals surface area contributed by atoms with Crippen LogP contribution in [0.3, 0.4) is 0 Å². The quantitative estimate of drug-likeness (QED) is 0.0222. The van der Waals surface area contributed by atoms with Crippen LogP contribution in [0.1, 0.15) is 370 Å². The second kappa shape index (κ2) is 63.8. The zero-order valence-corrected chi connectivity index (χ0v) is 61.8. The lowest BCUT2D eigenvalue weighted by Gasteiger charge is -2.21. The predicted octanol–water partition coefficient (Wildman–Crippen LogP) is 21.0. The zero-order valence-electron chi connectivity index (χ0n) is 60.0. The highest BCUT2D eigenvalue weighted by Gasteiger charge is 2.30. The highest BCUT2D eigenvalue weighted by atomic mass is 31.2. The number of aliphatic hydroxyl groups is 1. The molecule has 19 heteroatoms. The van der Waals surface area contributed by atoms with Gasteiger partial charge in [0.1, 0.15) is 19.3 Å². The third kappa shape index (κ3) is 64.1. The molecular formula is C73H142O17P2. The van der Waals surface area contributed by atoms with Gasteiger partial charge in [0.05, 0.1) is 26.4 Å². The fraction of sp³-hybridized carbons (Fsp3) is 0.945. The zero-order chi connectivity index (χ0) is 68.0. The number of unbranched alkanes of at least 4 members (excludes halogenated alkanes) is 37. The molecule has 0 rings (SSSR count). The molecule has 0 aromatic rings. The average Bonchev–Trinajstić information content (AvgIpc) is 1.61. The van der Waals surface area contributed by atoms with Crippen molar-refractivity contribution >= 4 is 39.5 Å². The molecule has 3 N–H and O–H groups in total. The van der Waals surface area contributed by atoms with Crippen LogP contribution in [-0.4, -0.2) is 96.7 Å². The minimum Gasteiger partial charge on any atom is -0.462 e. The molecule has 0 aliphatic heterocycles. The van der Waals surface area contributed by atoms with E-state index in [0.717, 1.165) is 114 Å². The highest BCUT2D eigenvalue weighted by Crippen LogP contribution is 2.45. The monoisotopic (exact) mass is 1350 g/mol. The van der Waals surface area contributed by atoms with Gasteiger partial charge in [0.25, 0.3) is 0 Å². The minimum atomic E-state index is -4.95. The number of ether oxygens (including phenoxy) is 4. The number of rotatable bonds is 71. The van der Waals surface area contributed by atoms with Crippen molar-refractivity contribution in [2.45, 2.75) is 388 Å². The van der Waals surface area contributed by atoms with Crippen molar-refractivity contribution in [2.24, 2.45) is 17.8 Å². The largest absolute Gasteiger partial charge is 0.472 e. The molecular weight excluding hydrogens is 1210 g/mol. The van der Waals surface area contributed by atoms with Gasteiger partial charge < -0.3 is 33.8 Å². The number of phosphoric acid groups is 2. The van der Waals surface area contributed by atoms with E-state index in [2.05, 4.69) is 48.5 Å². The molecule has 0 saturated carbocycles. The number of aliphatic hydroxyl groups excluding tert-OH is 1. The summed E-state index contributed by atoms with van der Waals surface area (Å²) in [4.78, 5) is 72.7. The first-order valence-corrected chi connectivity index (χ1v) is 40.9. The number of hydrogen-bond donors (Lipinski definition) is 3. The number of hydrogen-bond acceptors (Lipinski definition) is 15. The fourth-order valence-electron chi connectivity index (χ4n) is 11.0. The number of phosphoric ester groups is 2. The van der Waals surface area contributed by atoms with Crippen LogP contribution in [0.5, 0.6) is 0 Å². The lowest BCUT2D eigenvalue weighted by molar-refractivity contribution is -0.161. The average molecular weight is 1350 g/mol. The van der Waals surface area contributed by atoms with Crippen molar-refractivity contribution < 1.29 is 80.2 Å². The molecule has 0 aromatic heterocycles. The molecule has 0 aliphatic carbocycles. The molecule has 0 amide bonds. The van der Waals surface area contributed by atoms with Gasteiger partial charge in [-0.05, 0) is 43.4 Å². The Morgan fingerprint density at radius 2 is 0.554 bits per heavy atom. The molecule has 0 spiro atoms. The van der Waals surface area contributed by atoms with E-state index in [0.29, 0.717) is 25.7 Å². The summed E-state index contributed by atoms with van der Waals surface area (Å²) in [7, 11) is -9.91. The molecule has 0 aromatic carbocycles. The van der Waals surface area contributed by atoms with Crippen molar-refractivity contribution in [3.8, 4) is 0 Å².